The van der Waals surface area contributed by atoms with Gasteiger partial charge in [-0.1, -0.05) is 13.8 Å². The Hall–Kier alpha value is -2.24. The van der Waals surface area contributed by atoms with Gasteiger partial charge in [0.15, 0.2) is 0 Å². The summed E-state index contributed by atoms with van der Waals surface area (Å²) in [6, 6.07) is 9.39. The first-order chi connectivity index (χ1) is 8.12. The van der Waals surface area contributed by atoms with Crippen LogP contribution in [0.4, 0.5) is 0 Å². The summed E-state index contributed by atoms with van der Waals surface area (Å²) in [7, 11) is 0. The van der Waals surface area contributed by atoms with Gasteiger partial charge >= 0.3 is 0 Å². The van der Waals surface area contributed by atoms with Crippen molar-refractivity contribution in [2.24, 2.45) is 5.92 Å². The van der Waals surface area contributed by atoms with Crippen LogP contribution in [0.15, 0.2) is 18.2 Å². The minimum absolute atomic E-state index is 0.195. The lowest BCUT2D eigenvalue weighted by molar-refractivity contribution is 0.507. The largest absolute Gasteiger partial charge is 0.192 e. The molecule has 0 aromatic heterocycles. The van der Waals surface area contributed by atoms with Crippen LogP contribution in [0, 0.1) is 40.9 Å². The second-order valence-corrected chi connectivity index (χ2v) is 4.33. The minimum atomic E-state index is 0.195. The number of rotatable bonds is 3. The molecule has 0 N–H and O–H groups in total. The van der Waals surface area contributed by atoms with Gasteiger partial charge in [0.1, 0.15) is 0 Å². The van der Waals surface area contributed by atoms with E-state index in [9.17, 15) is 0 Å². The van der Waals surface area contributed by atoms with Gasteiger partial charge in [0.05, 0.1) is 23.3 Å². The van der Waals surface area contributed by atoms with Gasteiger partial charge < -0.3 is 0 Å². The Bertz CT molecular complexity index is 489. The number of terminal acetylenes is 1. The van der Waals surface area contributed by atoms with Crippen molar-refractivity contribution >= 4 is 0 Å². The van der Waals surface area contributed by atoms with Crippen LogP contribution in [-0.2, 0) is 0 Å². The van der Waals surface area contributed by atoms with E-state index in [1.807, 2.05) is 12.1 Å². The van der Waals surface area contributed by atoms with Crippen LogP contribution in [0.3, 0.4) is 0 Å². The molecule has 0 radical (unpaired) electrons. The highest BCUT2D eigenvalue weighted by Crippen LogP contribution is 2.28. The van der Waals surface area contributed by atoms with Gasteiger partial charge in [-0.05, 0) is 35.6 Å². The third kappa shape index (κ3) is 3.10. The molecule has 1 rings (SSSR count). The van der Waals surface area contributed by atoms with Crippen LogP contribution in [0.25, 0.3) is 0 Å². The molecule has 0 amide bonds. The fourth-order valence-corrected chi connectivity index (χ4v) is 1.86. The number of benzene rings is 1. The maximum Gasteiger partial charge on any atom is 0.0992 e. The molecule has 0 heterocycles. The first kappa shape index (κ1) is 12.8. The van der Waals surface area contributed by atoms with Gasteiger partial charge in [-0.3, -0.25) is 0 Å². The second-order valence-electron chi connectivity index (χ2n) is 4.33. The predicted octanol–water partition coefficient (Wildman–Crippen LogP) is 3.19. The third-order valence-corrected chi connectivity index (χ3v) is 2.78. The fraction of sp³-hybridized carbons (Fsp3) is 0.333. The lowest BCUT2D eigenvalue weighted by Gasteiger charge is -2.19. The number of nitriles is 2. The molecular formula is C15H14N2. The average Bonchev–Trinajstić information content (AvgIpc) is 2.34. The zero-order valence-corrected chi connectivity index (χ0v) is 10.1. The van der Waals surface area contributed by atoms with Crippen molar-refractivity contribution in [1.29, 1.82) is 10.5 Å². The van der Waals surface area contributed by atoms with Crippen molar-refractivity contribution in [3.05, 3.63) is 34.9 Å². The quantitative estimate of drug-likeness (QED) is 0.737. The fourth-order valence-electron chi connectivity index (χ4n) is 1.86. The van der Waals surface area contributed by atoms with E-state index in [0.29, 0.717) is 23.5 Å². The molecule has 0 bridgehead atoms. The molecule has 84 valence electrons. The summed E-state index contributed by atoms with van der Waals surface area (Å²) in [5.41, 5.74) is 2.01. The van der Waals surface area contributed by atoms with Crippen LogP contribution in [0.5, 0.6) is 0 Å². The Balaban J connectivity index is 3.25. The molecule has 0 aliphatic rings. The van der Waals surface area contributed by atoms with Crippen molar-refractivity contribution in [2.75, 3.05) is 0 Å². The van der Waals surface area contributed by atoms with Crippen LogP contribution >= 0.6 is 0 Å². The molecule has 0 aliphatic carbocycles. The van der Waals surface area contributed by atoms with Crippen molar-refractivity contribution < 1.29 is 0 Å². The number of hydrogen-bond donors (Lipinski definition) is 0. The van der Waals surface area contributed by atoms with Gasteiger partial charge in [-0.25, -0.2) is 0 Å². The molecule has 0 saturated heterocycles. The van der Waals surface area contributed by atoms with E-state index in [4.69, 9.17) is 16.9 Å². The SMILES string of the molecule is C#CCC(c1cc(C#N)cc(C#N)c1)C(C)C. The Kier molecular flexibility index (Phi) is 4.33. The minimum Gasteiger partial charge on any atom is -0.192 e. The molecule has 2 heteroatoms. The zero-order chi connectivity index (χ0) is 12.8. The van der Waals surface area contributed by atoms with Crippen molar-refractivity contribution in [3.63, 3.8) is 0 Å². The summed E-state index contributed by atoms with van der Waals surface area (Å²) < 4.78 is 0. The summed E-state index contributed by atoms with van der Waals surface area (Å²) in [6.45, 7) is 4.18. The van der Waals surface area contributed by atoms with Gasteiger partial charge in [0, 0.05) is 6.42 Å². The van der Waals surface area contributed by atoms with E-state index in [-0.39, 0.29) is 5.92 Å². The lowest BCUT2D eigenvalue weighted by atomic mass is 9.84. The van der Waals surface area contributed by atoms with Gasteiger partial charge in [-0.2, -0.15) is 10.5 Å². The highest BCUT2D eigenvalue weighted by atomic mass is 14.3. The van der Waals surface area contributed by atoms with Gasteiger partial charge in [0.25, 0.3) is 0 Å². The molecule has 0 spiro atoms. The average molecular weight is 222 g/mol. The van der Waals surface area contributed by atoms with E-state index in [2.05, 4.69) is 31.9 Å². The normalized spacial score (nSPS) is 11.3. The topological polar surface area (TPSA) is 47.6 Å². The first-order valence-electron chi connectivity index (χ1n) is 5.51. The molecular weight excluding hydrogens is 208 g/mol. The molecule has 0 aliphatic heterocycles. The van der Waals surface area contributed by atoms with E-state index in [1.165, 1.54) is 0 Å². The van der Waals surface area contributed by atoms with Crippen LogP contribution in [-0.4, -0.2) is 0 Å². The Morgan fingerprint density at radius 3 is 2.00 bits per heavy atom. The molecule has 1 atom stereocenters. The summed E-state index contributed by atoms with van der Waals surface area (Å²) in [6.07, 6.45) is 5.99. The summed E-state index contributed by atoms with van der Waals surface area (Å²) in [5, 5.41) is 17.9. The van der Waals surface area contributed by atoms with E-state index in [0.717, 1.165) is 5.56 Å². The summed E-state index contributed by atoms with van der Waals surface area (Å²) >= 11 is 0. The maximum absolute atomic E-state index is 8.93. The lowest BCUT2D eigenvalue weighted by Crippen LogP contribution is -2.06. The smallest absolute Gasteiger partial charge is 0.0992 e. The monoisotopic (exact) mass is 222 g/mol. The van der Waals surface area contributed by atoms with Crippen LogP contribution in [0.2, 0.25) is 0 Å². The number of hydrogen-bond acceptors (Lipinski definition) is 2. The standard InChI is InChI=1S/C15H14N2/c1-4-5-15(11(2)3)14-7-12(9-16)6-13(8-14)10-17/h1,6-8,11,15H,5H2,2-3H3. The summed E-state index contributed by atoms with van der Waals surface area (Å²) in [4.78, 5) is 0. The first-order valence-corrected chi connectivity index (χ1v) is 5.51. The van der Waals surface area contributed by atoms with E-state index < -0.39 is 0 Å². The third-order valence-electron chi connectivity index (χ3n) is 2.78. The van der Waals surface area contributed by atoms with Gasteiger partial charge in [-0.15, -0.1) is 12.3 Å². The van der Waals surface area contributed by atoms with Gasteiger partial charge in [0.2, 0.25) is 0 Å². The Morgan fingerprint density at radius 1 is 1.12 bits per heavy atom. The molecule has 1 aromatic rings. The second kappa shape index (κ2) is 5.74. The van der Waals surface area contributed by atoms with E-state index in [1.54, 1.807) is 6.07 Å². The van der Waals surface area contributed by atoms with Crippen LogP contribution in [0.1, 0.15) is 42.9 Å². The highest BCUT2D eigenvalue weighted by molar-refractivity contribution is 5.44. The molecule has 2 nitrogen and oxygen atoms in total. The highest BCUT2D eigenvalue weighted by Gasteiger charge is 2.16. The molecule has 1 aromatic carbocycles. The predicted molar refractivity (Wildman–Crippen MR) is 66.9 cm³/mol. The van der Waals surface area contributed by atoms with Crippen molar-refractivity contribution in [2.45, 2.75) is 26.2 Å². The van der Waals surface area contributed by atoms with Crippen molar-refractivity contribution in [1.82, 2.24) is 0 Å². The molecule has 17 heavy (non-hydrogen) atoms. The Labute approximate surface area is 103 Å². The Morgan fingerprint density at radius 2 is 1.65 bits per heavy atom. The van der Waals surface area contributed by atoms with Crippen molar-refractivity contribution in [3.8, 4) is 24.5 Å². The van der Waals surface area contributed by atoms with E-state index >= 15 is 0 Å². The zero-order valence-electron chi connectivity index (χ0n) is 10.1. The van der Waals surface area contributed by atoms with Crippen LogP contribution < -0.4 is 0 Å². The summed E-state index contributed by atoms with van der Waals surface area (Å²) in [5.74, 6) is 3.23. The molecule has 0 saturated carbocycles. The maximum atomic E-state index is 8.93. The number of nitrogens with zero attached hydrogens (tertiary/aromatic N) is 2. The molecule has 0 fully saturated rings. The molecule has 1 unspecified atom stereocenters.